The first-order chi connectivity index (χ1) is 7.69. The van der Waals surface area contributed by atoms with E-state index in [1.807, 2.05) is 26.1 Å². The van der Waals surface area contributed by atoms with E-state index in [-0.39, 0.29) is 0 Å². The van der Waals surface area contributed by atoms with Gasteiger partial charge in [0.15, 0.2) is 6.29 Å². The molecular weight excluding hydrogens is 200 g/mol. The summed E-state index contributed by atoms with van der Waals surface area (Å²) in [6.07, 6.45) is 6.43. The number of unbranched alkanes of at least 4 members (excludes halogenated alkanes) is 1. The van der Waals surface area contributed by atoms with Gasteiger partial charge in [0.25, 0.3) is 0 Å². The van der Waals surface area contributed by atoms with Crippen LogP contribution >= 0.6 is 0 Å². The highest BCUT2D eigenvalue weighted by Gasteiger charge is 2.06. The normalized spacial score (nSPS) is 9.88. The number of aldehydes is 1. The van der Waals surface area contributed by atoms with Crippen molar-refractivity contribution in [2.24, 2.45) is 0 Å². The maximum absolute atomic E-state index is 10.6. The minimum absolute atomic E-state index is 0.626. The number of aryl methyl sites for hydroxylation is 1. The quantitative estimate of drug-likeness (QED) is 0.418. The van der Waals surface area contributed by atoms with Gasteiger partial charge >= 0.3 is 0 Å². The Kier molecular flexibility index (Phi) is 4.70. The van der Waals surface area contributed by atoms with Crippen molar-refractivity contribution in [3.8, 4) is 0 Å². The molecule has 0 spiro atoms. The molecule has 16 heavy (non-hydrogen) atoms. The Balaban J connectivity index is 2.71. The number of nitrogens with zero attached hydrogens (tertiary/aromatic N) is 2. The van der Waals surface area contributed by atoms with Crippen LogP contribution in [0.2, 0.25) is 0 Å². The Bertz CT molecular complexity index is 374. The standard InChI is InChI=1S/C13H18N2O/c1-4-5-6-7-15(3)13-11(2)8-12(10-16)9-14-13/h4,8-10H,1,5-7H2,2-3H3. The highest BCUT2D eigenvalue weighted by atomic mass is 16.1. The number of rotatable bonds is 6. The molecule has 0 N–H and O–H groups in total. The minimum Gasteiger partial charge on any atom is -0.359 e. The van der Waals surface area contributed by atoms with Gasteiger partial charge in [-0.15, -0.1) is 6.58 Å². The van der Waals surface area contributed by atoms with E-state index < -0.39 is 0 Å². The molecule has 1 rings (SSSR count). The van der Waals surface area contributed by atoms with Gasteiger partial charge in [0, 0.05) is 25.4 Å². The summed E-state index contributed by atoms with van der Waals surface area (Å²) in [7, 11) is 2.01. The summed E-state index contributed by atoms with van der Waals surface area (Å²) < 4.78 is 0. The van der Waals surface area contributed by atoms with Gasteiger partial charge in [-0.3, -0.25) is 4.79 Å². The van der Waals surface area contributed by atoms with Gasteiger partial charge in [-0.25, -0.2) is 4.98 Å². The highest BCUT2D eigenvalue weighted by Crippen LogP contribution is 2.16. The van der Waals surface area contributed by atoms with Gasteiger partial charge in [-0.1, -0.05) is 6.08 Å². The Labute approximate surface area is 96.8 Å². The van der Waals surface area contributed by atoms with Crippen LogP contribution in [-0.4, -0.2) is 24.9 Å². The third-order valence-electron chi connectivity index (χ3n) is 2.47. The highest BCUT2D eigenvalue weighted by molar-refractivity contribution is 5.75. The van der Waals surface area contributed by atoms with Crippen molar-refractivity contribution in [2.75, 3.05) is 18.5 Å². The lowest BCUT2D eigenvalue weighted by atomic mass is 10.2. The fraction of sp³-hybridized carbons (Fsp3) is 0.385. The monoisotopic (exact) mass is 218 g/mol. The van der Waals surface area contributed by atoms with Crippen molar-refractivity contribution in [1.29, 1.82) is 0 Å². The molecule has 0 saturated carbocycles. The molecule has 1 aromatic heterocycles. The summed E-state index contributed by atoms with van der Waals surface area (Å²) in [6, 6.07) is 1.86. The summed E-state index contributed by atoms with van der Waals surface area (Å²) in [4.78, 5) is 17.0. The summed E-state index contributed by atoms with van der Waals surface area (Å²) in [5, 5.41) is 0. The zero-order valence-electron chi connectivity index (χ0n) is 9.94. The van der Waals surface area contributed by atoms with Gasteiger partial charge in [0.2, 0.25) is 0 Å². The third kappa shape index (κ3) is 3.19. The first kappa shape index (κ1) is 12.4. The van der Waals surface area contributed by atoms with Crippen LogP contribution in [0.1, 0.15) is 28.8 Å². The molecule has 0 atom stereocenters. The van der Waals surface area contributed by atoms with E-state index in [0.717, 1.165) is 37.1 Å². The van der Waals surface area contributed by atoms with Crippen LogP contribution in [0.25, 0.3) is 0 Å². The van der Waals surface area contributed by atoms with E-state index in [2.05, 4.69) is 16.5 Å². The maximum atomic E-state index is 10.6. The molecule has 0 bridgehead atoms. The summed E-state index contributed by atoms with van der Waals surface area (Å²) >= 11 is 0. The molecule has 0 fully saturated rings. The van der Waals surface area contributed by atoms with Crippen LogP contribution in [-0.2, 0) is 0 Å². The van der Waals surface area contributed by atoms with Gasteiger partial charge in [-0.05, 0) is 31.4 Å². The van der Waals surface area contributed by atoms with E-state index in [0.29, 0.717) is 5.56 Å². The largest absolute Gasteiger partial charge is 0.359 e. The molecule has 3 nitrogen and oxygen atoms in total. The van der Waals surface area contributed by atoms with Crippen molar-refractivity contribution in [1.82, 2.24) is 4.98 Å². The summed E-state index contributed by atoms with van der Waals surface area (Å²) in [5.74, 6) is 0.940. The SMILES string of the molecule is C=CCCCN(C)c1ncc(C=O)cc1C. The number of allylic oxidation sites excluding steroid dienone is 1. The molecule has 0 aliphatic rings. The van der Waals surface area contributed by atoms with Crippen LogP contribution < -0.4 is 4.90 Å². The van der Waals surface area contributed by atoms with Gasteiger partial charge in [-0.2, -0.15) is 0 Å². The van der Waals surface area contributed by atoms with Gasteiger partial charge in [0.05, 0.1) is 0 Å². The molecule has 0 aliphatic carbocycles. The molecule has 0 aliphatic heterocycles. The topological polar surface area (TPSA) is 33.2 Å². The van der Waals surface area contributed by atoms with Crippen molar-refractivity contribution < 1.29 is 4.79 Å². The number of carbonyl (C=O) groups is 1. The number of hydrogen-bond donors (Lipinski definition) is 0. The third-order valence-corrected chi connectivity index (χ3v) is 2.47. The Morgan fingerprint density at radius 1 is 1.56 bits per heavy atom. The zero-order valence-corrected chi connectivity index (χ0v) is 9.94. The second kappa shape index (κ2) is 6.05. The van der Waals surface area contributed by atoms with E-state index in [9.17, 15) is 4.79 Å². The number of aromatic nitrogens is 1. The van der Waals surface area contributed by atoms with Crippen LogP contribution in [0, 0.1) is 6.92 Å². The predicted molar refractivity (Wildman–Crippen MR) is 67.1 cm³/mol. The second-order valence-electron chi connectivity index (χ2n) is 3.88. The minimum atomic E-state index is 0.626. The van der Waals surface area contributed by atoms with E-state index >= 15 is 0 Å². The van der Waals surface area contributed by atoms with E-state index in [1.54, 1.807) is 6.20 Å². The molecular formula is C13H18N2O. The zero-order chi connectivity index (χ0) is 12.0. The second-order valence-corrected chi connectivity index (χ2v) is 3.88. The predicted octanol–water partition coefficient (Wildman–Crippen LogP) is 2.60. The van der Waals surface area contributed by atoms with Crippen molar-refractivity contribution in [3.63, 3.8) is 0 Å². The Morgan fingerprint density at radius 2 is 2.31 bits per heavy atom. The smallest absolute Gasteiger partial charge is 0.151 e. The summed E-state index contributed by atoms with van der Waals surface area (Å²) in [5.41, 5.74) is 1.66. The molecule has 0 radical (unpaired) electrons. The van der Waals surface area contributed by atoms with Crippen molar-refractivity contribution in [2.45, 2.75) is 19.8 Å². The lowest BCUT2D eigenvalue weighted by Crippen LogP contribution is -2.20. The summed E-state index contributed by atoms with van der Waals surface area (Å²) in [6.45, 7) is 6.61. The number of anilines is 1. The Hall–Kier alpha value is -1.64. The number of pyridine rings is 1. The number of hydrogen-bond acceptors (Lipinski definition) is 3. The van der Waals surface area contributed by atoms with Crippen molar-refractivity contribution in [3.05, 3.63) is 36.0 Å². The van der Waals surface area contributed by atoms with E-state index in [1.165, 1.54) is 0 Å². The van der Waals surface area contributed by atoms with Crippen LogP contribution in [0.15, 0.2) is 24.9 Å². The fourth-order valence-electron chi connectivity index (χ4n) is 1.63. The maximum Gasteiger partial charge on any atom is 0.151 e. The molecule has 0 saturated heterocycles. The molecule has 1 aromatic rings. The van der Waals surface area contributed by atoms with Gasteiger partial charge < -0.3 is 4.90 Å². The molecule has 0 aromatic carbocycles. The molecule has 3 heteroatoms. The number of carbonyl (C=O) groups excluding carboxylic acids is 1. The molecule has 1 heterocycles. The molecule has 0 unspecified atom stereocenters. The van der Waals surface area contributed by atoms with E-state index in [4.69, 9.17) is 0 Å². The average molecular weight is 218 g/mol. The first-order valence-corrected chi connectivity index (χ1v) is 5.43. The Morgan fingerprint density at radius 3 is 2.88 bits per heavy atom. The van der Waals surface area contributed by atoms with Crippen molar-refractivity contribution >= 4 is 12.1 Å². The van der Waals surface area contributed by atoms with Crippen LogP contribution in [0.5, 0.6) is 0 Å². The van der Waals surface area contributed by atoms with Gasteiger partial charge in [0.1, 0.15) is 5.82 Å². The van der Waals surface area contributed by atoms with Crippen LogP contribution in [0.4, 0.5) is 5.82 Å². The lowest BCUT2D eigenvalue weighted by molar-refractivity contribution is 0.112. The molecule has 86 valence electrons. The van der Waals surface area contributed by atoms with Crippen LogP contribution in [0.3, 0.4) is 0 Å². The molecule has 0 amide bonds. The lowest BCUT2D eigenvalue weighted by Gasteiger charge is -2.19. The first-order valence-electron chi connectivity index (χ1n) is 5.43. The average Bonchev–Trinajstić information content (AvgIpc) is 2.29. The fourth-order valence-corrected chi connectivity index (χ4v) is 1.63.